The van der Waals surface area contributed by atoms with Crippen LogP contribution >= 0.6 is 0 Å². The van der Waals surface area contributed by atoms with Crippen molar-refractivity contribution in [2.24, 2.45) is 5.73 Å². The van der Waals surface area contributed by atoms with Crippen LogP contribution in [0.15, 0.2) is 18.3 Å². The molecular formula is C12H17N5. The van der Waals surface area contributed by atoms with E-state index in [-0.39, 0.29) is 0 Å². The minimum atomic E-state index is 0.513. The highest BCUT2D eigenvalue weighted by atomic mass is 15.2. The Balaban J connectivity index is 2.02. The van der Waals surface area contributed by atoms with Crippen LogP contribution in [0.5, 0.6) is 0 Å². The molecule has 0 aromatic carbocycles. The molecule has 0 spiro atoms. The van der Waals surface area contributed by atoms with Gasteiger partial charge in [0.15, 0.2) is 5.65 Å². The Kier molecular flexibility index (Phi) is 2.78. The van der Waals surface area contributed by atoms with E-state index in [1.807, 2.05) is 12.1 Å². The summed E-state index contributed by atoms with van der Waals surface area (Å²) in [4.78, 5) is 0. The quantitative estimate of drug-likeness (QED) is 0.796. The van der Waals surface area contributed by atoms with Crippen molar-refractivity contribution < 1.29 is 0 Å². The highest BCUT2D eigenvalue weighted by Crippen LogP contribution is 2.24. The number of nitrogens with two attached hydrogens (primary N) is 1. The second-order valence-corrected chi connectivity index (χ2v) is 4.55. The smallest absolute Gasteiger partial charge is 0.160 e. The SMILES string of the molecule is NCc1ccc2nnc(C3CCNCC3)n2c1. The first-order chi connectivity index (χ1) is 8.38. The monoisotopic (exact) mass is 231 g/mol. The summed E-state index contributed by atoms with van der Waals surface area (Å²) < 4.78 is 2.10. The van der Waals surface area contributed by atoms with Gasteiger partial charge in [0.25, 0.3) is 0 Å². The van der Waals surface area contributed by atoms with Gasteiger partial charge in [-0.15, -0.1) is 10.2 Å². The molecule has 1 aliphatic heterocycles. The molecule has 3 heterocycles. The fourth-order valence-corrected chi connectivity index (χ4v) is 2.43. The van der Waals surface area contributed by atoms with Crippen LogP contribution < -0.4 is 11.1 Å². The van der Waals surface area contributed by atoms with Crippen LogP contribution in [-0.2, 0) is 6.54 Å². The molecule has 1 saturated heterocycles. The Morgan fingerprint density at radius 2 is 2.12 bits per heavy atom. The van der Waals surface area contributed by atoms with E-state index in [2.05, 4.69) is 26.1 Å². The summed E-state index contributed by atoms with van der Waals surface area (Å²) >= 11 is 0. The first kappa shape index (κ1) is 10.7. The Morgan fingerprint density at radius 3 is 2.88 bits per heavy atom. The zero-order chi connectivity index (χ0) is 11.7. The third-order valence-corrected chi connectivity index (χ3v) is 3.43. The molecule has 3 N–H and O–H groups in total. The van der Waals surface area contributed by atoms with Crippen molar-refractivity contribution in [1.29, 1.82) is 0 Å². The fraction of sp³-hybridized carbons (Fsp3) is 0.500. The zero-order valence-electron chi connectivity index (χ0n) is 9.76. The van der Waals surface area contributed by atoms with Gasteiger partial charge in [-0.25, -0.2) is 0 Å². The summed E-state index contributed by atoms with van der Waals surface area (Å²) in [5.74, 6) is 1.59. The molecule has 0 saturated carbocycles. The molecule has 2 aromatic rings. The first-order valence-corrected chi connectivity index (χ1v) is 6.13. The van der Waals surface area contributed by atoms with Crippen molar-refractivity contribution in [3.8, 4) is 0 Å². The summed E-state index contributed by atoms with van der Waals surface area (Å²) in [6.07, 6.45) is 4.33. The lowest BCUT2D eigenvalue weighted by Gasteiger charge is -2.21. The van der Waals surface area contributed by atoms with Crippen LogP contribution in [0.2, 0.25) is 0 Å². The van der Waals surface area contributed by atoms with Crippen LogP contribution in [0, 0.1) is 0 Å². The van der Waals surface area contributed by atoms with Gasteiger partial charge in [0, 0.05) is 18.7 Å². The largest absolute Gasteiger partial charge is 0.326 e. The summed E-state index contributed by atoms with van der Waals surface area (Å²) in [5, 5.41) is 11.9. The van der Waals surface area contributed by atoms with Crippen LogP contribution in [0.4, 0.5) is 0 Å². The minimum absolute atomic E-state index is 0.513. The topological polar surface area (TPSA) is 68.2 Å². The van der Waals surface area contributed by atoms with Gasteiger partial charge >= 0.3 is 0 Å². The molecule has 0 radical (unpaired) electrons. The molecule has 0 atom stereocenters. The molecule has 0 amide bonds. The molecule has 5 nitrogen and oxygen atoms in total. The number of rotatable bonds is 2. The maximum Gasteiger partial charge on any atom is 0.160 e. The number of nitrogens with one attached hydrogen (secondary N) is 1. The van der Waals surface area contributed by atoms with Crippen LogP contribution in [0.3, 0.4) is 0 Å². The fourth-order valence-electron chi connectivity index (χ4n) is 2.43. The van der Waals surface area contributed by atoms with Crippen molar-refractivity contribution in [2.45, 2.75) is 25.3 Å². The number of hydrogen-bond donors (Lipinski definition) is 2. The number of pyridine rings is 1. The molecule has 5 heteroatoms. The summed E-state index contributed by atoms with van der Waals surface area (Å²) in [7, 11) is 0. The van der Waals surface area contributed by atoms with E-state index in [4.69, 9.17) is 5.73 Å². The molecule has 0 unspecified atom stereocenters. The van der Waals surface area contributed by atoms with Gasteiger partial charge < -0.3 is 11.1 Å². The van der Waals surface area contributed by atoms with Crippen molar-refractivity contribution in [2.75, 3.05) is 13.1 Å². The molecule has 3 rings (SSSR count). The standard InChI is InChI=1S/C12H17N5/c13-7-9-1-2-11-15-16-12(17(11)8-9)10-3-5-14-6-4-10/h1-2,8,10,14H,3-7,13H2. The van der Waals surface area contributed by atoms with E-state index < -0.39 is 0 Å². The van der Waals surface area contributed by atoms with Gasteiger partial charge in [-0.1, -0.05) is 6.07 Å². The van der Waals surface area contributed by atoms with Gasteiger partial charge in [-0.2, -0.15) is 0 Å². The Morgan fingerprint density at radius 1 is 1.29 bits per heavy atom. The Bertz CT molecular complexity index is 513. The molecular weight excluding hydrogens is 214 g/mol. The molecule has 90 valence electrons. The van der Waals surface area contributed by atoms with E-state index in [0.717, 1.165) is 43.0 Å². The molecule has 1 fully saturated rings. The van der Waals surface area contributed by atoms with Gasteiger partial charge in [0.1, 0.15) is 5.82 Å². The molecule has 0 bridgehead atoms. The Labute approximate surface area is 100 Å². The molecule has 2 aromatic heterocycles. The third kappa shape index (κ3) is 1.92. The normalized spacial score (nSPS) is 17.7. The molecule has 1 aliphatic rings. The van der Waals surface area contributed by atoms with Gasteiger partial charge in [-0.05, 0) is 37.6 Å². The lowest BCUT2D eigenvalue weighted by Crippen LogP contribution is -2.27. The second kappa shape index (κ2) is 4.43. The van der Waals surface area contributed by atoms with Crippen molar-refractivity contribution >= 4 is 5.65 Å². The predicted molar refractivity (Wildman–Crippen MR) is 65.7 cm³/mol. The van der Waals surface area contributed by atoms with Crippen molar-refractivity contribution in [3.05, 3.63) is 29.7 Å². The van der Waals surface area contributed by atoms with Gasteiger partial charge in [0.05, 0.1) is 0 Å². The average molecular weight is 231 g/mol. The first-order valence-electron chi connectivity index (χ1n) is 6.13. The van der Waals surface area contributed by atoms with Crippen molar-refractivity contribution in [3.63, 3.8) is 0 Å². The van der Waals surface area contributed by atoms with E-state index >= 15 is 0 Å². The molecule has 0 aliphatic carbocycles. The predicted octanol–water partition coefficient (Wildman–Crippen LogP) is 0.655. The van der Waals surface area contributed by atoms with Crippen molar-refractivity contribution in [1.82, 2.24) is 19.9 Å². The molecule has 17 heavy (non-hydrogen) atoms. The number of hydrogen-bond acceptors (Lipinski definition) is 4. The maximum atomic E-state index is 5.67. The number of aromatic nitrogens is 3. The summed E-state index contributed by atoms with van der Waals surface area (Å²) in [6.45, 7) is 2.69. The van der Waals surface area contributed by atoms with Crippen LogP contribution in [-0.4, -0.2) is 27.7 Å². The average Bonchev–Trinajstić information content (AvgIpc) is 2.82. The van der Waals surface area contributed by atoms with E-state index in [0.29, 0.717) is 12.5 Å². The van der Waals surface area contributed by atoms with E-state index in [9.17, 15) is 0 Å². The van der Waals surface area contributed by atoms with Gasteiger partial charge in [-0.3, -0.25) is 4.40 Å². The second-order valence-electron chi connectivity index (χ2n) is 4.55. The minimum Gasteiger partial charge on any atom is -0.326 e. The zero-order valence-corrected chi connectivity index (χ0v) is 9.76. The summed E-state index contributed by atoms with van der Waals surface area (Å²) in [5.41, 5.74) is 7.70. The Hall–Kier alpha value is -1.46. The maximum absolute atomic E-state index is 5.67. The summed E-state index contributed by atoms with van der Waals surface area (Å²) in [6, 6.07) is 4.00. The number of fused-ring (bicyclic) bond motifs is 1. The van der Waals surface area contributed by atoms with Crippen LogP contribution in [0.1, 0.15) is 30.1 Å². The lowest BCUT2D eigenvalue weighted by atomic mass is 9.97. The van der Waals surface area contributed by atoms with Crippen LogP contribution in [0.25, 0.3) is 5.65 Å². The lowest BCUT2D eigenvalue weighted by molar-refractivity contribution is 0.442. The number of piperidine rings is 1. The van der Waals surface area contributed by atoms with Gasteiger partial charge in [0.2, 0.25) is 0 Å². The highest BCUT2D eigenvalue weighted by molar-refractivity contribution is 5.40. The van der Waals surface area contributed by atoms with E-state index in [1.54, 1.807) is 0 Å². The number of nitrogens with zero attached hydrogens (tertiary/aromatic N) is 3. The third-order valence-electron chi connectivity index (χ3n) is 3.43. The van der Waals surface area contributed by atoms with E-state index in [1.165, 1.54) is 0 Å². The highest BCUT2D eigenvalue weighted by Gasteiger charge is 2.20.